The summed E-state index contributed by atoms with van der Waals surface area (Å²) in [6.45, 7) is 0. The second-order valence-corrected chi connectivity index (χ2v) is 9.68. The van der Waals surface area contributed by atoms with Crippen molar-refractivity contribution < 1.29 is 9.47 Å². The van der Waals surface area contributed by atoms with E-state index in [0.717, 1.165) is 33.1 Å². The molecule has 1 N–H and O–H groups in total. The van der Waals surface area contributed by atoms with Crippen LogP contribution in [-0.4, -0.2) is 17.2 Å². The van der Waals surface area contributed by atoms with Crippen LogP contribution >= 0.6 is 39.5 Å². The summed E-state index contributed by atoms with van der Waals surface area (Å²) in [6.07, 6.45) is 1.81. The maximum atomic E-state index is 5.99. The first-order valence-electron chi connectivity index (χ1n) is 10.3. The normalized spacial score (nSPS) is 17.6. The van der Waals surface area contributed by atoms with Crippen LogP contribution in [-0.2, 0) is 0 Å². The zero-order valence-corrected chi connectivity index (χ0v) is 20.9. The molecule has 0 radical (unpaired) electrons. The van der Waals surface area contributed by atoms with E-state index in [4.69, 9.17) is 21.7 Å². The Balaban J connectivity index is 1.44. The standard InChI is InChI=1S/C25H20BrN3O2S2/c1-30-18-9-11-20(12-10-18)31-19-7-5-17(6-8-19)29-24(22-14-16(26)15-33-22)23(28-25(29)32)21-4-2-3-13-27-21/h2-15,23-24H,1H3,(H,28,32)/t23-,24-/m1/s1. The van der Waals surface area contributed by atoms with Gasteiger partial charge in [-0.2, -0.15) is 0 Å². The highest BCUT2D eigenvalue weighted by molar-refractivity contribution is 9.10. The molecular weight excluding hydrogens is 518 g/mol. The Hall–Kier alpha value is -2.94. The minimum atomic E-state index is -0.0560. The number of thiocarbonyl (C=S) groups is 1. The molecule has 0 spiro atoms. The number of anilines is 1. The van der Waals surface area contributed by atoms with Gasteiger partial charge in [-0.05, 0) is 94.9 Å². The number of halogens is 1. The summed E-state index contributed by atoms with van der Waals surface area (Å²) in [6, 6.07) is 23.5. The first-order chi connectivity index (χ1) is 16.1. The lowest BCUT2D eigenvalue weighted by Crippen LogP contribution is -2.28. The smallest absolute Gasteiger partial charge is 0.174 e. The number of aromatic nitrogens is 1. The summed E-state index contributed by atoms with van der Waals surface area (Å²) in [5.74, 6) is 2.29. The number of thiophene rings is 1. The van der Waals surface area contributed by atoms with Crippen LogP contribution in [0.4, 0.5) is 5.69 Å². The molecule has 5 rings (SSSR count). The summed E-state index contributed by atoms with van der Waals surface area (Å²) in [4.78, 5) is 7.95. The van der Waals surface area contributed by atoms with Gasteiger partial charge in [-0.3, -0.25) is 4.98 Å². The molecular formula is C25H20BrN3O2S2. The fourth-order valence-corrected chi connectivity index (χ4v) is 5.78. The highest BCUT2D eigenvalue weighted by atomic mass is 79.9. The lowest BCUT2D eigenvalue weighted by molar-refractivity contribution is 0.413. The number of nitrogens with one attached hydrogen (secondary N) is 1. The molecule has 0 bridgehead atoms. The topological polar surface area (TPSA) is 46.6 Å². The van der Waals surface area contributed by atoms with Crippen LogP contribution in [0.2, 0.25) is 0 Å². The highest BCUT2D eigenvalue weighted by Gasteiger charge is 2.41. The average Bonchev–Trinajstić information content (AvgIpc) is 3.43. The zero-order chi connectivity index (χ0) is 22.8. The Labute approximate surface area is 210 Å². The van der Waals surface area contributed by atoms with Gasteiger partial charge in [-0.1, -0.05) is 6.07 Å². The third-order valence-corrected chi connectivity index (χ3v) is 7.47. The van der Waals surface area contributed by atoms with Crippen molar-refractivity contribution in [3.8, 4) is 17.2 Å². The number of hydrogen-bond donors (Lipinski definition) is 1. The van der Waals surface area contributed by atoms with Crippen molar-refractivity contribution in [3.05, 3.63) is 99.4 Å². The molecule has 3 heterocycles. The molecule has 2 aromatic heterocycles. The van der Waals surface area contributed by atoms with Crippen LogP contribution < -0.4 is 19.7 Å². The molecule has 1 fully saturated rings. The molecule has 4 aromatic rings. The lowest BCUT2D eigenvalue weighted by Gasteiger charge is -2.27. The first-order valence-corrected chi connectivity index (χ1v) is 12.4. The Kier molecular flexibility index (Phi) is 6.30. The van der Waals surface area contributed by atoms with Gasteiger partial charge in [-0.15, -0.1) is 11.3 Å². The minimum Gasteiger partial charge on any atom is -0.497 e. The summed E-state index contributed by atoms with van der Waals surface area (Å²) in [5, 5.41) is 6.25. The van der Waals surface area contributed by atoms with E-state index >= 15 is 0 Å². The third kappa shape index (κ3) is 4.59. The van der Waals surface area contributed by atoms with Gasteiger partial charge in [0.1, 0.15) is 17.2 Å². The van der Waals surface area contributed by atoms with Gasteiger partial charge in [0.25, 0.3) is 0 Å². The number of ether oxygens (including phenoxy) is 2. The van der Waals surface area contributed by atoms with E-state index in [1.807, 2.05) is 72.9 Å². The van der Waals surface area contributed by atoms with Crippen molar-refractivity contribution in [2.45, 2.75) is 12.1 Å². The van der Waals surface area contributed by atoms with Crippen molar-refractivity contribution in [2.75, 3.05) is 12.0 Å². The average molecular weight is 538 g/mol. The number of rotatable bonds is 6. The van der Waals surface area contributed by atoms with Crippen LogP contribution in [0.5, 0.6) is 17.2 Å². The quantitative estimate of drug-likeness (QED) is 0.270. The van der Waals surface area contributed by atoms with E-state index in [-0.39, 0.29) is 12.1 Å². The van der Waals surface area contributed by atoms with Gasteiger partial charge in [0.05, 0.1) is 24.9 Å². The van der Waals surface area contributed by atoms with Crippen molar-refractivity contribution in [1.29, 1.82) is 0 Å². The number of benzene rings is 2. The third-order valence-electron chi connectivity index (χ3n) is 5.39. The van der Waals surface area contributed by atoms with Crippen LogP contribution in [0.3, 0.4) is 0 Å². The second kappa shape index (κ2) is 9.51. The van der Waals surface area contributed by atoms with Crippen LogP contribution in [0.25, 0.3) is 0 Å². The zero-order valence-electron chi connectivity index (χ0n) is 17.6. The van der Waals surface area contributed by atoms with Crippen molar-refractivity contribution in [3.63, 3.8) is 0 Å². The molecule has 0 aliphatic carbocycles. The lowest BCUT2D eigenvalue weighted by atomic mass is 10.0. The Bertz CT molecular complexity index is 1250. The molecule has 0 saturated carbocycles. The van der Waals surface area contributed by atoms with Crippen LogP contribution in [0.1, 0.15) is 22.7 Å². The minimum absolute atomic E-state index is 0.0166. The van der Waals surface area contributed by atoms with Crippen molar-refractivity contribution in [1.82, 2.24) is 10.3 Å². The Morgan fingerprint density at radius 1 is 1.00 bits per heavy atom. The molecule has 1 saturated heterocycles. The van der Waals surface area contributed by atoms with E-state index in [0.29, 0.717) is 5.11 Å². The van der Waals surface area contributed by atoms with E-state index in [1.165, 1.54) is 4.88 Å². The van der Waals surface area contributed by atoms with E-state index in [2.05, 4.69) is 42.6 Å². The number of hydrogen-bond acceptors (Lipinski definition) is 5. The van der Waals surface area contributed by atoms with E-state index < -0.39 is 0 Å². The fraction of sp³-hybridized carbons (Fsp3) is 0.120. The number of pyridine rings is 1. The maximum absolute atomic E-state index is 5.99. The van der Waals surface area contributed by atoms with Gasteiger partial charge < -0.3 is 19.7 Å². The maximum Gasteiger partial charge on any atom is 0.174 e. The first kappa shape index (κ1) is 21.9. The molecule has 0 unspecified atom stereocenters. The summed E-state index contributed by atoms with van der Waals surface area (Å²) in [7, 11) is 1.65. The molecule has 166 valence electrons. The molecule has 33 heavy (non-hydrogen) atoms. The largest absolute Gasteiger partial charge is 0.497 e. The SMILES string of the molecule is COc1ccc(Oc2ccc(N3C(=S)N[C@H](c4ccccn4)[C@H]3c3cc(Br)cs3)cc2)cc1. The summed E-state index contributed by atoms with van der Waals surface area (Å²) >= 11 is 11.1. The van der Waals surface area contributed by atoms with Gasteiger partial charge in [0.2, 0.25) is 0 Å². The van der Waals surface area contributed by atoms with Crippen molar-refractivity contribution in [2.24, 2.45) is 0 Å². The monoisotopic (exact) mass is 537 g/mol. The predicted molar refractivity (Wildman–Crippen MR) is 139 cm³/mol. The molecule has 0 amide bonds. The summed E-state index contributed by atoms with van der Waals surface area (Å²) in [5.41, 5.74) is 1.94. The predicted octanol–water partition coefficient (Wildman–Crippen LogP) is 6.88. The van der Waals surface area contributed by atoms with E-state index in [1.54, 1.807) is 18.4 Å². The summed E-state index contributed by atoms with van der Waals surface area (Å²) < 4.78 is 12.3. The molecule has 8 heteroatoms. The Morgan fingerprint density at radius 2 is 1.70 bits per heavy atom. The Morgan fingerprint density at radius 3 is 2.30 bits per heavy atom. The highest BCUT2D eigenvalue weighted by Crippen LogP contribution is 2.44. The molecule has 2 atom stereocenters. The van der Waals surface area contributed by atoms with Gasteiger partial charge >= 0.3 is 0 Å². The van der Waals surface area contributed by atoms with Gasteiger partial charge in [0, 0.05) is 26.6 Å². The molecule has 1 aliphatic heterocycles. The fourth-order valence-electron chi connectivity index (χ4n) is 3.86. The van der Waals surface area contributed by atoms with Crippen molar-refractivity contribution >= 4 is 50.3 Å². The van der Waals surface area contributed by atoms with Gasteiger partial charge in [0.15, 0.2) is 5.11 Å². The van der Waals surface area contributed by atoms with Gasteiger partial charge in [-0.25, -0.2) is 0 Å². The van der Waals surface area contributed by atoms with Crippen LogP contribution in [0.15, 0.2) is 88.8 Å². The molecule has 1 aliphatic rings. The molecule has 2 aromatic carbocycles. The van der Waals surface area contributed by atoms with Crippen LogP contribution in [0, 0.1) is 0 Å². The number of methoxy groups -OCH3 is 1. The second-order valence-electron chi connectivity index (χ2n) is 7.44. The number of nitrogens with zero attached hydrogens (tertiary/aromatic N) is 2. The molecule has 5 nitrogen and oxygen atoms in total. The van der Waals surface area contributed by atoms with E-state index in [9.17, 15) is 0 Å².